The summed E-state index contributed by atoms with van der Waals surface area (Å²) in [5.41, 5.74) is 0. The van der Waals surface area contributed by atoms with Crippen LogP contribution in [-0.2, 0) is 4.79 Å². The molecular weight excluding hydrogens is 202 g/mol. The van der Waals surface area contributed by atoms with E-state index in [0.29, 0.717) is 0 Å². The van der Waals surface area contributed by atoms with E-state index in [0.717, 1.165) is 26.1 Å². The lowest BCUT2D eigenvalue weighted by Gasteiger charge is -2.23. The van der Waals surface area contributed by atoms with E-state index in [4.69, 9.17) is 0 Å². The zero-order valence-electron chi connectivity index (χ0n) is 10.0. The van der Waals surface area contributed by atoms with Gasteiger partial charge in [-0.2, -0.15) is 0 Å². The molecule has 0 bridgehead atoms. The lowest BCUT2D eigenvalue weighted by molar-refractivity contribution is -0.123. The molecule has 0 aliphatic carbocycles. The van der Waals surface area contributed by atoms with Crippen molar-refractivity contribution in [3.63, 3.8) is 0 Å². The number of piperidine rings is 1. The highest BCUT2D eigenvalue weighted by molar-refractivity contribution is 5.81. The zero-order chi connectivity index (χ0) is 11.2. The molecule has 2 rings (SSSR count). The van der Waals surface area contributed by atoms with Crippen molar-refractivity contribution in [3.8, 4) is 0 Å². The number of hydrogen-bond acceptors (Lipinski definition) is 3. The maximum absolute atomic E-state index is 11.8. The van der Waals surface area contributed by atoms with Gasteiger partial charge in [0.05, 0.1) is 6.04 Å². The van der Waals surface area contributed by atoms with Crippen molar-refractivity contribution in [2.45, 2.75) is 38.1 Å². The Kier molecular flexibility index (Phi) is 4.60. The number of nitrogens with zero attached hydrogens (tertiary/aromatic N) is 1. The van der Waals surface area contributed by atoms with Gasteiger partial charge in [-0.3, -0.25) is 4.79 Å². The van der Waals surface area contributed by atoms with Crippen molar-refractivity contribution in [2.75, 3.05) is 32.7 Å². The second-order valence-corrected chi connectivity index (χ2v) is 4.84. The first-order valence-corrected chi connectivity index (χ1v) is 6.60. The number of carbonyl (C=O) groups excluding carboxylic acids is 1. The third kappa shape index (κ3) is 3.46. The highest BCUT2D eigenvalue weighted by Crippen LogP contribution is 2.07. The summed E-state index contributed by atoms with van der Waals surface area (Å²) in [6.45, 7) is 5.22. The van der Waals surface area contributed by atoms with E-state index >= 15 is 0 Å². The molecular formula is C12H23N3O. The van der Waals surface area contributed by atoms with Crippen LogP contribution in [0.5, 0.6) is 0 Å². The molecule has 2 fully saturated rings. The summed E-state index contributed by atoms with van der Waals surface area (Å²) >= 11 is 0. The van der Waals surface area contributed by atoms with Gasteiger partial charge in [0.1, 0.15) is 0 Å². The maximum atomic E-state index is 11.8. The topological polar surface area (TPSA) is 44.4 Å². The molecule has 2 aliphatic heterocycles. The maximum Gasteiger partial charge on any atom is 0.237 e. The molecule has 0 aromatic heterocycles. The fourth-order valence-electron chi connectivity index (χ4n) is 2.54. The molecule has 92 valence electrons. The predicted octanol–water partition coefficient (Wildman–Crippen LogP) is 0.341. The van der Waals surface area contributed by atoms with Crippen LogP contribution >= 0.6 is 0 Å². The molecule has 0 aromatic carbocycles. The number of likely N-dealkylation sites (tertiary alicyclic amines) is 1. The first-order valence-electron chi connectivity index (χ1n) is 6.60. The lowest BCUT2D eigenvalue weighted by atomic mass is 10.0. The Hall–Kier alpha value is -0.610. The Labute approximate surface area is 97.8 Å². The molecule has 2 saturated heterocycles. The molecule has 0 unspecified atom stereocenters. The van der Waals surface area contributed by atoms with Crippen molar-refractivity contribution in [1.82, 2.24) is 15.5 Å². The smallest absolute Gasteiger partial charge is 0.237 e. The fraction of sp³-hybridized carbons (Fsp3) is 0.917. The van der Waals surface area contributed by atoms with Crippen molar-refractivity contribution in [3.05, 3.63) is 0 Å². The Balaban J connectivity index is 1.59. The second-order valence-electron chi connectivity index (χ2n) is 4.84. The predicted molar refractivity (Wildman–Crippen MR) is 64.3 cm³/mol. The number of rotatable bonds is 4. The van der Waals surface area contributed by atoms with Gasteiger partial charge in [0.15, 0.2) is 0 Å². The minimum Gasteiger partial charge on any atom is -0.353 e. The van der Waals surface area contributed by atoms with E-state index in [2.05, 4.69) is 15.5 Å². The normalized spacial score (nSPS) is 26.9. The number of carbonyl (C=O) groups is 1. The number of hydrogen-bond donors (Lipinski definition) is 2. The Morgan fingerprint density at radius 2 is 2.06 bits per heavy atom. The van der Waals surface area contributed by atoms with Crippen LogP contribution in [0.3, 0.4) is 0 Å². The lowest BCUT2D eigenvalue weighted by Crippen LogP contribution is -2.48. The fourth-order valence-corrected chi connectivity index (χ4v) is 2.54. The number of nitrogens with one attached hydrogen (secondary N) is 2. The molecule has 1 amide bonds. The van der Waals surface area contributed by atoms with Crippen LogP contribution in [0, 0.1) is 0 Å². The van der Waals surface area contributed by atoms with Crippen LogP contribution in [-0.4, -0.2) is 49.6 Å². The number of amides is 1. The Morgan fingerprint density at radius 1 is 1.25 bits per heavy atom. The van der Waals surface area contributed by atoms with Gasteiger partial charge in [-0.25, -0.2) is 0 Å². The van der Waals surface area contributed by atoms with Gasteiger partial charge in [0.2, 0.25) is 5.91 Å². The molecule has 2 N–H and O–H groups in total. The Bertz CT molecular complexity index is 220. The van der Waals surface area contributed by atoms with Crippen LogP contribution in [0.2, 0.25) is 0 Å². The average Bonchev–Trinajstić information content (AvgIpc) is 2.83. The van der Waals surface area contributed by atoms with Gasteiger partial charge in [-0.1, -0.05) is 6.42 Å². The third-order valence-electron chi connectivity index (χ3n) is 3.55. The van der Waals surface area contributed by atoms with E-state index < -0.39 is 0 Å². The SMILES string of the molecule is O=C(NCCN1CCCC1)[C@H]1CCCCN1. The van der Waals surface area contributed by atoms with Crippen molar-refractivity contribution < 1.29 is 4.79 Å². The van der Waals surface area contributed by atoms with Crippen LogP contribution in [0.4, 0.5) is 0 Å². The monoisotopic (exact) mass is 225 g/mol. The van der Waals surface area contributed by atoms with Crippen molar-refractivity contribution in [2.24, 2.45) is 0 Å². The standard InChI is InChI=1S/C12H23N3O/c16-12(11-5-1-2-6-13-11)14-7-10-15-8-3-4-9-15/h11,13H,1-10H2,(H,14,16)/t11-/m1/s1. The summed E-state index contributed by atoms with van der Waals surface area (Å²) in [6, 6.07) is 0.0623. The van der Waals surface area contributed by atoms with E-state index in [1.165, 1.54) is 38.8 Å². The molecule has 0 saturated carbocycles. The first kappa shape index (κ1) is 11.9. The van der Waals surface area contributed by atoms with Gasteiger partial charge in [0.25, 0.3) is 0 Å². The van der Waals surface area contributed by atoms with Crippen LogP contribution < -0.4 is 10.6 Å². The summed E-state index contributed by atoms with van der Waals surface area (Å²) in [5.74, 6) is 0.193. The van der Waals surface area contributed by atoms with Gasteiger partial charge in [-0.05, 0) is 45.3 Å². The van der Waals surface area contributed by atoms with Gasteiger partial charge in [0, 0.05) is 13.1 Å². The van der Waals surface area contributed by atoms with Crippen LogP contribution in [0.15, 0.2) is 0 Å². The molecule has 4 nitrogen and oxygen atoms in total. The van der Waals surface area contributed by atoms with Gasteiger partial charge < -0.3 is 15.5 Å². The molecule has 2 heterocycles. The summed E-state index contributed by atoms with van der Waals surface area (Å²) in [6.07, 6.45) is 6.01. The quantitative estimate of drug-likeness (QED) is 0.725. The van der Waals surface area contributed by atoms with E-state index in [9.17, 15) is 4.79 Å². The van der Waals surface area contributed by atoms with Gasteiger partial charge >= 0.3 is 0 Å². The summed E-state index contributed by atoms with van der Waals surface area (Å²) in [4.78, 5) is 14.2. The minimum atomic E-state index is 0.0623. The van der Waals surface area contributed by atoms with E-state index in [1.54, 1.807) is 0 Å². The molecule has 0 aromatic rings. The molecule has 2 aliphatic rings. The highest BCUT2D eigenvalue weighted by Gasteiger charge is 2.20. The van der Waals surface area contributed by atoms with Crippen LogP contribution in [0.25, 0.3) is 0 Å². The van der Waals surface area contributed by atoms with Crippen LogP contribution in [0.1, 0.15) is 32.1 Å². The Morgan fingerprint density at radius 3 is 2.75 bits per heavy atom. The van der Waals surface area contributed by atoms with Crippen molar-refractivity contribution in [1.29, 1.82) is 0 Å². The summed E-state index contributed by atoms with van der Waals surface area (Å²) in [5, 5.41) is 6.31. The van der Waals surface area contributed by atoms with E-state index in [1.807, 2.05) is 0 Å². The van der Waals surface area contributed by atoms with E-state index in [-0.39, 0.29) is 11.9 Å². The minimum absolute atomic E-state index is 0.0623. The highest BCUT2D eigenvalue weighted by atomic mass is 16.2. The molecule has 16 heavy (non-hydrogen) atoms. The molecule has 0 spiro atoms. The van der Waals surface area contributed by atoms with Gasteiger partial charge in [-0.15, -0.1) is 0 Å². The summed E-state index contributed by atoms with van der Waals surface area (Å²) in [7, 11) is 0. The molecule has 4 heteroatoms. The zero-order valence-corrected chi connectivity index (χ0v) is 10.0. The molecule has 1 atom stereocenters. The average molecular weight is 225 g/mol. The summed E-state index contributed by atoms with van der Waals surface area (Å²) < 4.78 is 0. The largest absolute Gasteiger partial charge is 0.353 e. The van der Waals surface area contributed by atoms with Crippen molar-refractivity contribution >= 4 is 5.91 Å². The molecule has 0 radical (unpaired) electrons. The second kappa shape index (κ2) is 6.21. The third-order valence-corrected chi connectivity index (χ3v) is 3.55. The first-order chi connectivity index (χ1) is 7.86.